The van der Waals surface area contributed by atoms with Crippen LogP contribution in [0.15, 0.2) is 18.5 Å². The molecular weight excluding hydrogens is 208 g/mol. The number of hydrogen-bond donors (Lipinski definition) is 2. The first-order chi connectivity index (χ1) is 7.72. The van der Waals surface area contributed by atoms with Gasteiger partial charge in [-0.3, -0.25) is 9.48 Å². The van der Waals surface area contributed by atoms with Gasteiger partial charge in [0.15, 0.2) is 0 Å². The minimum absolute atomic E-state index is 0.00351. The van der Waals surface area contributed by atoms with Crippen molar-refractivity contribution in [2.45, 2.75) is 18.6 Å². The summed E-state index contributed by atoms with van der Waals surface area (Å²) in [6, 6.07) is 1.66. The summed E-state index contributed by atoms with van der Waals surface area (Å²) in [7, 11) is 0. The van der Waals surface area contributed by atoms with E-state index in [1.54, 1.807) is 28.0 Å². The molecule has 1 amide bonds. The highest BCUT2D eigenvalue weighted by Gasteiger charge is 2.34. The normalized spacial score (nSPS) is 25.0. The van der Waals surface area contributed by atoms with Crippen molar-refractivity contribution in [2.75, 3.05) is 19.6 Å². The first kappa shape index (κ1) is 11.1. The highest BCUT2D eigenvalue weighted by molar-refractivity contribution is 5.76. The van der Waals surface area contributed by atoms with Gasteiger partial charge in [-0.05, 0) is 6.07 Å². The van der Waals surface area contributed by atoms with Crippen molar-refractivity contribution in [3.63, 3.8) is 0 Å². The summed E-state index contributed by atoms with van der Waals surface area (Å²) in [6.45, 7) is 1.21. The molecule has 1 aromatic heterocycles. The standard InChI is InChI=1S/C10H16N4O2/c11-3-2-10(16)13-6-8(9(15)7-13)14-5-1-4-12-14/h1,4-5,8-9,15H,2-3,6-7,11H2/t8-,9-/m1/s1. The van der Waals surface area contributed by atoms with Crippen molar-refractivity contribution in [3.05, 3.63) is 18.5 Å². The average molecular weight is 224 g/mol. The SMILES string of the molecule is NCCC(=O)N1C[C@@H](O)[C@H](n2cccn2)C1. The fourth-order valence-corrected chi connectivity index (χ4v) is 1.99. The quantitative estimate of drug-likeness (QED) is 0.688. The Morgan fingerprint density at radius 2 is 2.38 bits per heavy atom. The number of carbonyl (C=O) groups is 1. The van der Waals surface area contributed by atoms with Gasteiger partial charge in [0, 0.05) is 38.4 Å². The van der Waals surface area contributed by atoms with Gasteiger partial charge in [0.25, 0.3) is 0 Å². The van der Waals surface area contributed by atoms with E-state index in [0.29, 0.717) is 26.1 Å². The lowest BCUT2D eigenvalue weighted by Gasteiger charge is -2.15. The summed E-state index contributed by atoms with van der Waals surface area (Å²) < 4.78 is 1.69. The van der Waals surface area contributed by atoms with Gasteiger partial charge in [0.05, 0.1) is 12.1 Å². The van der Waals surface area contributed by atoms with Crippen LogP contribution in [0.5, 0.6) is 0 Å². The molecule has 1 fully saturated rings. The number of rotatable bonds is 3. The molecule has 3 N–H and O–H groups in total. The summed E-state index contributed by atoms with van der Waals surface area (Å²) >= 11 is 0. The highest BCUT2D eigenvalue weighted by atomic mass is 16.3. The first-order valence-corrected chi connectivity index (χ1v) is 5.37. The third-order valence-electron chi connectivity index (χ3n) is 2.83. The Kier molecular flexibility index (Phi) is 3.21. The van der Waals surface area contributed by atoms with E-state index in [1.807, 2.05) is 0 Å². The molecule has 2 heterocycles. The number of aliphatic hydroxyl groups is 1. The number of amides is 1. The molecule has 2 rings (SSSR count). The lowest BCUT2D eigenvalue weighted by Crippen LogP contribution is -2.31. The lowest BCUT2D eigenvalue weighted by atomic mass is 10.2. The van der Waals surface area contributed by atoms with E-state index in [-0.39, 0.29) is 11.9 Å². The molecule has 1 aliphatic heterocycles. The molecule has 0 bridgehead atoms. The summed E-state index contributed by atoms with van der Waals surface area (Å²) in [5.74, 6) is -0.00351. The molecule has 1 saturated heterocycles. The second-order valence-corrected chi connectivity index (χ2v) is 3.96. The molecule has 16 heavy (non-hydrogen) atoms. The molecule has 0 unspecified atom stereocenters. The Hall–Kier alpha value is -1.40. The summed E-state index contributed by atoms with van der Waals surface area (Å²) in [6.07, 6.45) is 3.24. The van der Waals surface area contributed by atoms with Crippen LogP contribution in [0.3, 0.4) is 0 Å². The Balaban J connectivity index is 2.02. The molecule has 2 atom stereocenters. The van der Waals surface area contributed by atoms with Gasteiger partial charge in [0.1, 0.15) is 0 Å². The van der Waals surface area contributed by atoms with Crippen LogP contribution in [0.4, 0.5) is 0 Å². The predicted molar refractivity (Wildman–Crippen MR) is 57.5 cm³/mol. The maximum absolute atomic E-state index is 11.6. The number of β-amino-alcohol motifs (C(OH)–C–C–N with tert-alkyl or cyclic N) is 1. The Bertz CT molecular complexity index is 352. The maximum atomic E-state index is 11.6. The van der Waals surface area contributed by atoms with E-state index in [0.717, 1.165) is 0 Å². The third-order valence-corrected chi connectivity index (χ3v) is 2.83. The molecule has 6 nitrogen and oxygen atoms in total. The van der Waals surface area contributed by atoms with Crippen LogP contribution in [-0.2, 0) is 4.79 Å². The van der Waals surface area contributed by atoms with Crippen molar-refractivity contribution in [1.29, 1.82) is 0 Å². The van der Waals surface area contributed by atoms with Crippen LogP contribution in [0.1, 0.15) is 12.5 Å². The molecule has 88 valence electrons. The number of nitrogens with zero attached hydrogens (tertiary/aromatic N) is 3. The van der Waals surface area contributed by atoms with Crippen LogP contribution in [0.25, 0.3) is 0 Å². The second kappa shape index (κ2) is 4.63. The predicted octanol–water partition coefficient (Wildman–Crippen LogP) is -1.02. The van der Waals surface area contributed by atoms with Crippen molar-refractivity contribution in [2.24, 2.45) is 5.73 Å². The van der Waals surface area contributed by atoms with Crippen LogP contribution in [0, 0.1) is 0 Å². The van der Waals surface area contributed by atoms with Crippen molar-refractivity contribution >= 4 is 5.91 Å². The van der Waals surface area contributed by atoms with Gasteiger partial charge in [-0.2, -0.15) is 5.10 Å². The fourth-order valence-electron chi connectivity index (χ4n) is 1.99. The number of carbonyl (C=O) groups excluding carboxylic acids is 1. The molecule has 6 heteroatoms. The summed E-state index contributed by atoms with van der Waals surface area (Å²) in [5, 5.41) is 13.9. The number of hydrogen-bond acceptors (Lipinski definition) is 4. The molecule has 1 aromatic rings. The first-order valence-electron chi connectivity index (χ1n) is 5.37. The van der Waals surface area contributed by atoms with Crippen LogP contribution < -0.4 is 5.73 Å². The topological polar surface area (TPSA) is 84.4 Å². The second-order valence-electron chi connectivity index (χ2n) is 3.96. The van der Waals surface area contributed by atoms with Crippen LogP contribution in [-0.4, -0.2) is 51.4 Å². The van der Waals surface area contributed by atoms with Gasteiger partial charge in [0.2, 0.25) is 5.91 Å². The minimum atomic E-state index is -0.554. The molecule has 0 aliphatic carbocycles. The molecular formula is C10H16N4O2. The maximum Gasteiger partial charge on any atom is 0.224 e. The van der Waals surface area contributed by atoms with Crippen LogP contribution >= 0.6 is 0 Å². The van der Waals surface area contributed by atoms with Crippen LogP contribution in [0.2, 0.25) is 0 Å². The van der Waals surface area contributed by atoms with Gasteiger partial charge >= 0.3 is 0 Å². The van der Waals surface area contributed by atoms with E-state index < -0.39 is 6.10 Å². The zero-order chi connectivity index (χ0) is 11.5. The van der Waals surface area contributed by atoms with E-state index in [2.05, 4.69) is 5.10 Å². The number of nitrogens with two attached hydrogens (primary N) is 1. The van der Waals surface area contributed by atoms with Gasteiger partial charge < -0.3 is 15.7 Å². The molecule has 0 radical (unpaired) electrons. The number of aliphatic hydroxyl groups excluding tert-OH is 1. The Morgan fingerprint density at radius 1 is 1.56 bits per heavy atom. The molecule has 1 aliphatic rings. The average Bonchev–Trinajstić information content (AvgIpc) is 2.86. The summed E-state index contributed by atoms with van der Waals surface area (Å²) in [5.41, 5.74) is 5.33. The molecule has 0 spiro atoms. The fraction of sp³-hybridized carbons (Fsp3) is 0.600. The minimum Gasteiger partial charge on any atom is -0.389 e. The van der Waals surface area contributed by atoms with Crippen molar-refractivity contribution in [1.82, 2.24) is 14.7 Å². The Labute approximate surface area is 93.6 Å². The zero-order valence-corrected chi connectivity index (χ0v) is 8.99. The van der Waals surface area contributed by atoms with E-state index in [1.165, 1.54) is 0 Å². The monoisotopic (exact) mass is 224 g/mol. The number of likely N-dealkylation sites (tertiary alicyclic amines) is 1. The smallest absolute Gasteiger partial charge is 0.224 e. The largest absolute Gasteiger partial charge is 0.389 e. The van der Waals surface area contributed by atoms with E-state index >= 15 is 0 Å². The third kappa shape index (κ3) is 2.07. The van der Waals surface area contributed by atoms with Crippen molar-refractivity contribution in [3.8, 4) is 0 Å². The number of aromatic nitrogens is 2. The van der Waals surface area contributed by atoms with E-state index in [4.69, 9.17) is 5.73 Å². The highest BCUT2D eigenvalue weighted by Crippen LogP contribution is 2.21. The van der Waals surface area contributed by atoms with E-state index in [9.17, 15) is 9.90 Å². The van der Waals surface area contributed by atoms with Crippen molar-refractivity contribution < 1.29 is 9.90 Å². The lowest BCUT2D eigenvalue weighted by molar-refractivity contribution is -0.130. The molecule has 0 aromatic carbocycles. The van der Waals surface area contributed by atoms with Gasteiger partial charge in [-0.15, -0.1) is 0 Å². The zero-order valence-electron chi connectivity index (χ0n) is 8.99. The van der Waals surface area contributed by atoms with Gasteiger partial charge in [-0.1, -0.05) is 0 Å². The van der Waals surface area contributed by atoms with Gasteiger partial charge in [-0.25, -0.2) is 0 Å². The molecule has 0 saturated carbocycles. The Morgan fingerprint density at radius 3 is 3.00 bits per heavy atom. The summed E-state index contributed by atoms with van der Waals surface area (Å²) in [4.78, 5) is 13.3.